The predicted octanol–water partition coefficient (Wildman–Crippen LogP) is 3.24. The van der Waals surface area contributed by atoms with Crippen LogP contribution in [0.25, 0.3) is 0 Å². The average Bonchev–Trinajstić information content (AvgIpc) is 2.94. The molecule has 1 atom stereocenters. The van der Waals surface area contributed by atoms with Crippen molar-refractivity contribution in [2.75, 3.05) is 13.6 Å². The predicted molar refractivity (Wildman–Crippen MR) is 95.4 cm³/mol. The SMILES string of the molecule is Cc1cc(Cl)ccc1O[C@H](C)C(=O)N(C)CCCc1nccn1C. The number of ether oxygens (including phenoxy) is 1. The molecule has 24 heavy (non-hydrogen) atoms. The first-order valence-electron chi connectivity index (χ1n) is 8.02. The number of aromatic nitrogens is 2. The average molecular weight is 350 g/mol. The van der Waals surface area contributed by atoms with Gasteiger partial charge in [-0.3, -0.25) is 4.79 Å². The fourth-order valence-corrected chi connectivity index (χ4v) is 2.74. The number of halogens is 1. The minimum Gasteiger partial charge on any atom is -0.481 e. The topological polar surface area (TPSA) is 47.4 Å². The van der Waals surface area contributed by atoms with Crippen LogP contribution in [0.1, 0.15) is 24.7 Å². The van der Waals surface area contributed by atoms with Gasteiger partial charge in [-0.1, -0.05) is 11.6 Å². The van der Waals surface area contributed by atoms with E-state index >= 15 is 0 Å². The highest BCUT2D eigenvalue weighted by atomic mass is 35.5. The van der Waals surface area contributed by atoms with Gasteiger partial charge in [-0.05, 0) is 44.0 Å². The molecule has 0 aliphatic rings. The Bertz CT molecular complexity index is 699. The second kappa shape index (κ2) is 8.20. The summed E-state index contributed by atoms with van der Waals surface area (Å²) in [4.78, 5) is 18.4. The van der Waals surface area contributed by atoms with Gasteiger partial charge >= 0.3 is 0 Å². The Morgan fingerprint density at radius 2 is 2.21 bits per heavy atom. The first-order valence-corrected chi connectivity index (χ1v) is 8.40. The number of aryl methyl sites for hydroxylation is 3. The molecule has 0 saturated heterocycles. The van der Waals surface area contributed by atoms with E-state index in [0.717, 1.165) is 24.2 Å². The molecule has 0 aliphatic carbocycles. The number of hydrogen-bond acceptors (Lipinski definition) is 3. The minimum atomic E-state index is -0.539. The quantitative estimate of drug-likeness (QED) is 0.771. The molecule has 1 amide bonds. The molecule has 0 radical (unpaired) electrons. The van der Waals surface area contributed by atoms with Crippen LogP contribution in [-0.2, 0) is 18.3 Å². The van der Waals surface area contributed by atoms with Crippen LogP contribution in [0, 0.1) is 6.92 Å². The number of imidazole rings is 1. The third kappa shape index (κ3) is 4.74. The van der Waals surface area contributed by atoms with Crippen LogP contribution in [-0.4, -0.2) is 40.1 Å². The summed E-state index contributed by atoms with van der Waals surface area (Å²) in [6.07, 6.45) is 4.87. The molecule has 2 rings (SSSR count). The summed E-state index contributed by atoms with van der Waals surface area (Å²) in [5, 5.41) is 0.658. The highest BCUT2D eigenvalue weighted by Gasteiger charge is 2.19. The van der Waals surface area contributed by atoms with Crippen molar-refractivity contribution in [1.82, 2.24) is 14.5 Å². The largest absolute Gasteiger partial charge is 0.481 e. The molecule has 0 bridgehead atoms. The van der Waals surface area contributed by atoms with E-state index in [1.54, 1.807) is 37.2 Å². The second-order valence-corrected chi connectivity index (χ2v) is 6.42. The third-order valence-corrected chi connectivity index (χ3v) is 4.21. The lowest BCUT2D eigenvalue weighted by Gasteiger charge is -2.22. The highest BCUT2D eigenvalue weighted by Crippen LogP contribution is 2.23. The Kier molecular flexibility index (Phi) is 6.26. The summed E-state index contributed by atoms with van der Waals surface area (Å²) in [7, 11) is 3.77. The van der Waals surface area contributed by atoms with Gasteiger partial charge in [-0.15, -0.1) is 0 Å². The molecule has 130 valence electrons. The van der Waals surface area contributed by atoms with Gasteiger partial charge < -0.3 is 14.2 Å². The van der Waals surface area contributed by atoms with Crippen molar-refractivity contribution in [3.8, 4) is 5.75 Å². The van der Waals surface area contributed by atoms with E-state index in [1.165, 1.54) is 0 Å². The van der Waals surface area contributed by atoms with Gasteiger partial charge in [0.2, 0.25) is 0 Å². The Morgan fingerprint density at radius 1 is 1.46 bits per heavy atom. The van der Waals surface area contributed by atoms with E-state index in [9.17, 15) is 4.79 Å². The van der Waals surface area contributed by atoms with Crippen LogP contribution in [0.4, 0.5) is 0 Å². The van der Waals surface area contributed by atoms with Gasteiger partial charge in [0.1, 0.15) is 11.6 Å². The summed E-state index contributed by atoms with van der Waals surface area (Å²) in [6.45, 7) is 4.35. The Hall–Kier alpha value is -2.01. The maximum atomic E-state index is 12.4. The smallest absolute Gasteiger partial charge is 0.263 e. The number of amides is 1. The summed E-state index contributed by atoms with van der Waals surface area (Å²) >= 11 is 5.94. The molecule has 0 N–H and O–H groups in total. The van der Waals surface area contributed by atoms with Crippen LogP contribution in [0.5, 0.6) is 5.75 Å². The third-order valence-electron chi connectivity index (χ3n) is 3.98. The monoisotopic (exact) mass is 349 g/mol. The zero-order chi connectivity index (χ0) is 17.7. The zero-order valence-electron chi connectivity index (χ0n) is 14.6. The maximum Gasteiger partial charge on any atom is 0.263 e. The van der Waals surface area contributed by atoms with Crippen LogP contribution >= 0.6 is 11.6 Å². The van der Waals surface area contributed by atoms with E-state index in [2.05, 4.69) is 4.98 Å². The van der Waals surface area contributed by atoms with Gasteiger partial charge in [-0.25, -0.2) is 4.98 Å². The van der Waals surface area contributed by atoms with Gasteiger partial charge in [0.15, 0.2) is 6.10 Å². The number of carbonyl (C=O) groups is 1. The summed E-state index contributed by atoms with van der Waals surface area (Å²) in [6, 6.07) is 5.38. The number of rotatable bonds is 7. The lowest BCUT2D eigenvalue weighted by Crippen LogP contribution is -2.38. The highest BCUT2D eigenvalue weighted by molar-refractivity contribution is 6.30. The number of nitrogens with zero attached hydrogens (tertiary/aromatic N) is 3. The van der Waals surface area contributed by atoms with Crippen molar-refractivity contribution in [3.05, 3.63) is 47.0 Å². The molecule has 6 heteroatoms. The van der Waals surface area contributed by atoms with E-state index in [1.807, 2.05) is 30.8 Å². The van der Waals surface area contributed by atoms with Crippen molar-refractivity contribution in [3.63, 3.8) is 0 Å². The van der Waals surface area contributed by atoms with Crippen LogP contribution in [0.2, 0.25) is 5.02 Å². The molecule has 1 aromatic carbocycles. The van der Waals surface area contributed by atoms with Crippen molar-refractivity contribution in [1.29, 1.82) is 0 Å². The normalized spacial score (nSPS) is 12.0. The van der Waals surface area contributed by atoms with Crippen molar-refractivity contribution < 1.29 is 9.53 Å². The molecule has 0 aliphatic heterocycles. The van der Waals surface area contributed by atoms with Crippen LogP contribution < -0.4 is 4.74 Å². The van der Waals surface area contributed by atoms with E-state index in [-0.39, 0.29) is 5.91 Å². The molecule has 1 aromatic heterocycles. The van der Waals surface area contributed by atoms with Crippen LogP contribution in [0.3, 0.4) is 0 Å². The van der Waals surface area contributed by atoms with Gasteiger partial charge in [0, 0.05) is 44.5 Å². The van der Waals surface area contributed by atoms with Crippen molar-refractivity contribution >= 4 is 17.5 Å². The molecular weight excluding hydrogens is 326 g/mol. The lowest BCUT2D eigenvalue weighted by molar-refractivity contribution is -0.136. The molecule has 0 saturated carbocycles. The molecular formula is C18H24ClN3O2. The Morgan fingerprint density at radius 3 is 2.83 bits per heavy atom. The first kappa shape index (κ1) is 18.3. The summed E-state index contributed by atoms with van der Waals surface area (Å²) in [5.74, 6) is 1.67. The zero-order valence-corrected chi connectivity index (χ0v) is 15.4. The fraction of sp³-hybridized carbons (Fsp3) is 0.444. The molecule has 2 aromatic rings. The maximum absolute atomic E-state index is 12.4. The van der Waals surface area contributed by atoms with Gasteiger partial charge in [0.25, 0.3) is 5.91 Å². The first-order chi connectivity index (χ1) is 11.4. The molecule has 5 nitrogen and oxygen atoms in total. The van der Waals surface area contributed by atoms with Gasteiger partial charge in [-0.2, -0.15) is 0 Å². The van der Waals surface area contributed by atoms with Crippen molar-refractivity contribution in [2.45, 2.75) is 32.8 Å². The second-order valence-electron chi connectivity index (χ2n) is 5.99. The molecule has 1 heterocycles. The summed E-state index contributed by atoms with van der Waals surface area (Å²) in [5.41, 5.74) is 0.916. The van der Waals surface area contributed by atoms with Gasteiger partial charge in [0.05, 0.1) is 0 Å². The standard InChI is InChI=1S/C18H24ClN3O2/c1-13-12-15(19)7-8-16(13)24-14(2)18(23)22(4)10-5-6-17-20-9-11-21(17)3/h7-9,11-12,14H,5-6,10H2,1-4H3/t14-/m1/s1. The summed E-state index contributed by atoms with van der Waals surface area (Å²) < 4.78 is 7.78. The number of carbonyl (C=O) groups excluding carboxylic acids is 1. The fourth-order valence-electron chi connectivity index (χ4n) is 2.52. The molecule has 0 unspecified atom stereocenters. The number of benzene rings is 1. The van der Waals surface area contributed by atoms with E-state index < -0.39 is 6.10 Å². The molecule has 0 fully saturated rings. The van der Waals surface area contributed by atoms with E-state index in [4.69, 9.17) is 16.3 Å². The Balaban J connectivity index is 1.84. The number of likely N-dealkylation sites (N-methyl/N-ethyl adjacent to an activating group) is 1. The Labute approximate surface area is 148 Å². The van der Waals surface area contributed by atoms with Crippen LogP contribution in [0.15, 0.2) is 30.6 Å². The lowest BCUT2D eigenvalue weighted by atomic mass is 10.2. The number of hydrogen-bond donors (Lipinski definition) is 0. The molecule has 0 spiro atoms. The van der Waals surface area contributed by atoms with Crippen molar-refractivity contribution in [2.24, 2.45) is 7.05 Å². The minimum absolute atomic E-state index is 0.0378. The van der Waals surface area contributed by atoms with E-state index in [0.29, 0.717) is 17.3 Å².